The first-order valence-corrected chi connectivity index (χ1v) is 11.0. The van der Waals surface area contributed by atoms with Crippen molar-refractivity contribution in [3.8, 4) is 28.4 Å². The number of amides is 1. The number of nitrogens with one attached hydrogen (secondary N) is 1. The second-order valence-corrected chi connectivity index (χ2v) is 7.52. The summed E-state index contributed by atoms with van der Waals surface area (Å²) >= 11 is 0. The van der Waals surface area contributed by atoms with Crippen LogP contribution in [-0.4, -0.2) is 35.6 Å². The van der Waals surface area contributed by atoms with Crippen LogP contribution in [0.15, 0.2) is 90.2 Å². The fourth-order valence-corrected chi connectivity index (χ4v) is 3.34. The van der Waals surface area contributed by atoms with Gasteiger partial charge in [-0.2, -0.15) is 10.2 Å². The summed E-state index contributed by atoms with van der Waals surface area (Å²) in [5.74, 6) is 1.09. The van der Waals surface area contributed by atoms with E-state index >= 15 is 0 Å². The number of carbonyl (C=O) groups is 1. The number of aromatic nitrogens is 2. The molecule has 0 fully saturated rings. The Kier molecular flexibility index (Phi) is 7.35. The second kappa shape index (κ2) is 11.0. The minimum atomic E-state index is -0.329. The summed E-state index contributed by atoms with van der Waals surface area (Å²) in [5.41, 5.74) is 6.38. The van der Waals surface area contributed by atoms with E-state index in [9.17, 15) is 4.79 Å². The number of hydrazone groups is 1. The third-order valence-corrected chi connectivity index (χ3v) is 5.07. The molecule has 0 saturated heterocycles. The van der Waals surface area contributed by atoms with E-state index in [1.165, 1.54) is 0 Å². The minimum Gasteiger partial charge on any atom is -0.497 e. The smallest absolute Gasteiger partial charge is 0.271 e. The molecule has 0 atom stereocenters. The van der Waals surface area contributed by atoms with Crippen molar-refractivity contribution in [2.45, 2.75) is 13.3 Å². The zero-order chi connectivity index (χ0) is 23.8. The van der Waals surface area contributed by atoms with Crippen LogP contribution in [0.2, 0.25) is 0 Å². The predicted molar refractivity (Wildman–Crippen MR) is 133 cm³/mol. The molecule has 0 unspecified atom stereocenters. The van der Waals surface area contributed by atoms with Crippen LogP contribution in [0.5, 0.6) is 11.5 Å². The van der Waals surface area contributed by atoms with Gasteiger partial charge in [-0.25, -0.2) is 10.1 Å². The van der Waals surface area contributed by atoms with Gasteiger partial charge >= 0.3 is 0 Å². The van der Waals surface area contributed by atoms with E-state index in [1.807, 2.05) is 60.8 Å². The topological polar surface area (TPSA) is 77.7 Å². The lowest BCUT2D eigenvalue weighted by Gasteiger charge is -2.05. The molecule has 1 amide bonds. The van der Waals surface area contributed by atoms with Crippen LogP contribution in [-0.2, 0) is 0 Å². The molecule has 1 N–H and O–H groups in total. The van der Waals surface area contributed by atoms with Gasteiger partial charge < -0.3 is 9.47 Å². The summed E-state index contributed by atoms with van der Waals surface area (Å²) in [6, 6.07) is 24.5. The first-order valence-electron chi connectivity index (χ1n) is 11.0. The van der Waals surface area contributed by atoms with Crippen molar-refractivity contribution >= 4 is 12.1 Å². The first kappa shape index (κ1) is 22.8. The van der Waals surface area contributed by atoms with Gasteiger partial charge in [0, 0.05) is 22.9 Å². The Morgan fingerprint density at radius 2 is 1.82 bits per heavy atom. The number of hydrogen-bond acceptors (Lipinski definition) is 5. The zero-order valence-corrected chi connectivity index (χ0v) is 19.1. The van der Waals surface area contributed by atoms with Gasteiger partial charge in [-0.05, 0) is 61.0 Å². The van der Waals surface area contributed by atoms with Crippen LogP contribution in [0.4, 0.5) is 0 Å². The molecule has 0 radical (unpaired) electrons. The van der Waals surface area contributed by atoms with Gasteiger partial charge in [-0.1, -0.05) is 31.2 Å². The van der Waals surface area contributed by atoms with Crippen LogP contribution in [0, 0.1) is 0 Å². The number of ether oxygens (including phenoxy) is 2. The molecule has 0 bridgehead atoms. The van der Waals surface area contributed by atoms with Gasteiger partial charge in [-0.15, -0.1) is 0 Å². The van der Waals surface area contributed by atoms with Crippen LogP contribution < -0.4 is 14.9 Å². The van der Waals surface area contributed by atoms with E-state index in [2.05, 4.69) is 17.5 Å². The Morgan fingerprint density at radius 3 is 2.56 bits per heavy atom. The molecular formula is C27H26N4O3. The fraction of sp³-hybridized carbons (Fsp3) is 0.148. The SMILES string of the molecule is CCCOc1ccc(-c2nn(-c3ccccc3)cc2/C=N/NC(=O)c2cccc(OC)c2)cc1. The number of rotatable bonds is 9. The van der Waals surface area contributed by atoms with E-state index in [1.54, 1.807) is 42.3 Å². The molecule has 3 aromatic carbocycles. The molecule has 34 heavy (non-hydrogen) atoms. The maximum Gasteiger partial charge on any atom is 0.271 e. The molecule has 1 heterocycles. The monoisotopic (exact) mass is 454 g/mol. The maximum atomic E-state index is 12.5. The number of nitrogens with zero attached hydrogens (tertiary/aromatic N) is 3. The Bertz CT molecular complexity index is 1260. The summed E-state index contributed by atoms with van der Waals surface area (Å²) < 4.78 is 12.7. The molecule has 4 aromatic rings. The highest BCUT2D eigenvalue weighted by Crippen LogP contribution is 2.25. The molecule has 0 aliphatic carbocycles. The van der Waals surface area contributed by atoms with Crippen molar-refractivity contribution in [2.75, 3.05) is 13.7 Å². The maximum absolute atomic E-state index is 12.5. The van der Waals surface area contributed by atoms with Crippen LogP contribution in [0.25, 0.3) is 16.9 Å². The van der Waals surface area contributed by atoms with Gasteiger partial charge in [-0.3, -0.25) is 4.79 Å². The highest BCUT2D eigenvalue weighted by molar-refractivity contribution is 5.96. The highest BCUT2D eigenvalue weighted by atomic mass is 16.5. The molecule has 0 aliphatic heterocycles. The molecule has 172 valence electrons. The summed E-state index contributed by atoms with van der Waals surface area (Å²) in [6.07, 6.45) is 4.43. The lowest BCUT2D eigenvalue weighted by Crippen LogP contribution is -2.17. The van der Waals surface area contributed by atoms with Gasteiger partial charge in [0.15, 0.2) is 0 Å². The van der Waals surface area contributed by atoms with E-state index in [0.29, 0.717) is 17.9 Å². The van der Waals surface area contributed by atoms with Crippen LogP contribution in [0.1, 0.15) is 29.3 Å². The van der Waals surface area contributed by atoms with E-state index in [0.717, 1.165) is 34.7 Å². The molecule has 0 aliphatic rings. The van der Waals surface area contributed by atoms with Gasteiger partial charge in [0.2, 0.25) is 0 Å². The summed E-state index contributed by atoms with van der Waals surface area (Å²) in [5, 5.41) is 8.96. The molecule has 0 saturated carbocycles. The van der Waals surface area contributed by atoms with Gasteiger partial charge in [0.1, 0.15) is 17.2 Å². The lowest BCUT2D eigenvalue weighted by molar-refractivity contribution is 0.0955. The standard InChI is InChI=1S/C27H26N4O3/c1-3-16-34-24-14-12-20(13-15-24)26-22(19-31(30-26)23-9-5-4-6-10-23)18-28-29-27(32)21-8-7-11-25(17-21)33-2/h4-15,17-19H,3,16H2,1-2H3,(H,29,32)/b28-18+. The van der Waals surface area contributed by atoms with Crippen molar-refractivity contribution in [3.05, 3.63) is 96.2 Å². The third kappa shape index (κ3) is 5.50. The van der Waals surface area contributed by atoms with Crippen LogP contribution >= 0.6 is 0 Å². The van der Waals surface area contributed by atoms with Crippen molar-refractivity contribution in [1.29, 1.82) is 0 Å². The van der Waals surface area contributed by atoms with Gasteiger partial charge in [0.05, 0.1) is 25.6 Å². The molecule has 7 heteroatoms. The molecular weight excluding hydrogens is 428 g/mol. The second-order valence-electron chi connectivity index (χ2n) is 7.52. The van der Waals surface area contributed by atoms with Crippen LogP contribution in [0.3, 0.4) is 0 Å². The van der Waals surface area contributed by atoms with E-state index in [-0.39, 0.29) is 5.91 Å². The highest BCUT2D eigenvalue weighted by Gasteiger charge is 2.12. The van der Waals surface area contributed by atoms with Crippen molar-refractivity contribution in [2.24, 2.45) is 5.10 Å². The minimum absolute atomic E-state index is 0.329. The number of benzene rings is 3. The average molecular weight is 455 g/mol. The molecule has 1 aromatic heterocycles. The Hall–Kier alpha value is -4.39. The van der Waals surface area contributed by atoms with Crippen molar-refractivity contribution < 1.29 is 14.3 Å². The summed E-state index contributed by atoms with van der Waals surface area (Å²) in [6.45, 7) is 2.75. The van der Waals surface area contributed by atoms with Crippen molar-refractivity contribution in [3.63, 3.8) is 0 Å². The third-order valence-electron chi connectivity index (χ3n) is 5.07. The van der Waals surface area contributed by atoms with Gasteiger partial charge in [0.25, 0.3) is 5.91 Å². The number of carbonyl (C=O) groups excluding carboxylic acids is 1. The fourth-order valence-electron chi connectivity index (χ4n) is 3.34. The molecule has 0 spiro atoms. The average Bonchev–Trinajstić information content (AvgIpc) is 3.32. The number of hydrogen-bond donors (Lipinski definition) is 1. The lowest BCUT2D eigenvalue weighted by atomic mass is 10.1. The van der Waals surface area contributed by atoms with Crippen molar-refractivity contribution in [1.82, 2.24) is 15.2 Å². The first-order chi connectivity index (χ1) is 16.7. The Balaban J connectivity index is 1.60. The zero-order valence-electron chi connectivity index (χ0n) is 19.1. The number of para-hydroxylation sites is 1. The molecule has 7 nitrogen and oxygen atoms in total. The summed E-state index contributed by atoms with van der Waals surface area (Å²) in [4.78, 5) is 12.5. The largest absolute Gasteiger partial charge is 0.497 e. The molecule has 4 rings (SSSR count). The van der Waals surface area contributed by atoms with E-state index < -0.39 is 0 Å². The normalized spacial score (nSPS) is 10.9. The Labute approximate surface area is 198 Å². The summed E-state index contributed by atoms with van der Waals surface area (Å²) in [7, 11) is 1.56. The Morgan fingerprint density at radius 1 is 1.03 bits per heavy atom. The predicted octanol–water partition coefficient (Wildman–Crippen LogP) is 5.10. The quantitative estimate of drug-likeness (QED) is 0.282. The van der Waals surface area contributed by atoms with E-state index in [4.69, 9.17) is 14.6 Å². The number of methoxy groups -OCH3 is 1.